The van der Waals surface area contributed by atoms with Crippen molar-refractivity contribution in [3.8, 4) is 0 Å². The van der Waals surface area contributed by atoms with Gasteiger partial charge in [0.25, 0.3) is 0 Å². The molecule has 0 aromatic carbocycles. The molecule has 1 saturated heterocycles. The highest BCUT2D eigenvalue weighted by Gasteiger charge is 2.32. The van der Waals surface area contributed by atoms with E-state index in [1.165, 1.54) is 6.42 Å². The highest BCUT2D eigenvalue weighted by Crippen LogP contribution is 2.25. The highest BCUT2D eigenvalue weighted by molar-refractivity contribution is 5.78. The maximum Gasteiger partial charge on any atom is 0.222 e. The summed E-state index contributed by atoms with van der Waals surface area (Å²) in [4.78, 5) is 13.5. The van der Waals surface area contributed by atoms with Gasteiger partial charge < -0.3 is 10.0 Å². The van der Waals surface area contributed by atoms with E-state index in [-0.39, 0.29) is 18.1 Å². The highest BCUT2D eigenvalue weighted by atomic mass is 16.3. The predicted molar refractivity (Wildman–Crippen MR) is 53.8 cm³/mol. The van der Waals surface area contributed by atoms with Crippen LogP contribution in [0, 0.1) is 0 Å². The summed E-state index contributed by atoms with van der Waals surface area (Å²) in [6.07, 6.45) is 6.72. The largest absolute Gasteiger partial charge is 0.391 e. The molecule has 3 heteroatoms. The molecular formula is C11H19NO2. The zero-order chi connectivity index (χ0) is 9.97. The molecule has 80 valence electrons. The van der Waals surface area contributed by atoms with Crippen molar-refractivity contribution >= 4 is 5.91 Å². The van der Waals surface area contributed by atoms with Gasteiger partial charge in [-0.1, -0.05) is 19.3 Å². The van der Waals surface area contributed by atoms with Crippen LogP contribution in [0.1, 0.15) is 44.9 Å². The van der Waals surface area contributed by atoms with Crippen molar-refractivity contribution < 1.29 is 9.90 Å². The zero-order valence-electron chi connectivity index (χ0n) is 8.61. The molecule has 0 aromatic rings. The summed E-state index contributed by atoms with van der Waals surface area (Å²) in [5.41, 5.74) is 0. The van der Waals surface area contributed by atoms with E-state index in [2.05, 4.69) is 0 Å². The summed E-state index contributed by atoms with van der Waals surface area (Å²) in [5, 5.41) is 9.93. The first-order valence-electron chi connectivity index (χ1n) is 5.76. The summed E-state index contributed by atoms with van der Waals surface area (Å²) in [7, 11) is 0. The standard InChI is InChI=1S/C11H19NO2/c13-10-6-3-1-2-5-9(10)12-8-4-7-11(12)14/h9-10,13H,1-8H2. The van der Waals surface area contributed by atoms with Crippen LogP contribution in [0.15, 0.2) is 0 Å². The number of carbonyl (C=O) groups excluding carboxylic acids is 1. The lowest BCUT2D eigenvalue weighted by Crippen LogP contribution is -2.43. The van der Waals surface area contributed by atoms with Crippen molar-refractivity contribution in [3.05, 3.63) is 0 Å². The number of rotatable bonds is 1. The normalized spacial score (nSPS) is 34.6. The van der Waals surface area contributed by atoms with Crippen LogP contribution in [-0.4, -0.2) is 34.6 Å². The molecule has 2 unspecified atom stereocenters. The van der Waals surface area contributed by atoms with Crippen LogP contribution in [-0.2, 0) is 4.79 Å². The molecule has 0 bridgehead atoms. The van der Waals surface area contributed by atoms with Gasteiger partial charge in [-0.15, -0.1) is 0 Å². The lowest BCUT2D eigenvalue weighted by atomic mass is 10.0. The third-order valence-electron chi connectivity index (χ3n) is 3.45. The first-order valence-corrected chi connectivity index (χ1v) is 5.76. The fourth-order valence-electron chi connectivity index (χ4n) is 2.65. The summed E-state index contributed by atoms with van der Waals surface area (Å²) >= 11 is 0. The fraction of sp³-hybridized carbons (Fsp3) is 0.909. The fourth-order valence-corrected chi connectivity index (χ4v) is 2.65. The molecule has 0 aromatic heterocycles. The Labute approximate surface area is 85.1 Å². The van der Waals surface area contributed by atoms with E-state index in [1.54, 1.807) is 0 Å². The minimum atomic E-state index is -0.278. The van der Waals surface area contributed by atoms with Gasteiger partial charge in [-0.25, -0.2) is 0 Å². The Morgan fingerprint density at radius 2 is 1.93 bits per heavy atom. The SMILES string of the molecule is O=C1CCCN1C1CCCCCC1O. The topological polar surface area (TPSA) is 40.5 Å². The van der Waals surface area contributed by atoms with Gasteiger partial charge in [0.15, 0.2) is 0 Å². The predicted octanol–water partition coefficient (Wildman–Crippen LogP) is 1.30. The quantitative estimate of drug-likeness (QED) is 0.644. The Kier molecular flexibility index (Phi) is 3.06. The van der Waals surface area contributed by atoms with Crippen molar-refractivity contribution in [2.45, 2.75) is 57.1 Å². The van der Waals surface area contributed by atoms with Crippen LogP contribution in [0.5, 0.6) is 0 Å². The van der Waals surface area contributed by atoms with Crippen LogP contribution < -0.4 is 0 Å². The number of nitrogens with zero attached hydrogens (tertiary/aromatic N) is 1. The molecule has 0 spiro atoms. The molecule has 1 N–H and O–H groups in total. The van der Waals surface area contributed by atoms with E-state index < -0.39 is 0 Å². The first kappa shape index (κ1) is 9.97. The average molecular weight is 197 g/mol. The summed E-state index contributed by atoms with van der Waals surface area (Å²) in [6, 6.07) is 0.118. The minimum absolute atomic E-state index is 0.118. The molecule has 14 heavy (non-hydrogen) atoms. The zero-order valence-corrected chi connectivity index (χ0v) is 8.61. The minimum Gasteiger partial charge on any atom is -0.391 e. The third kappa shape index (κ3) is 1.92. The lowest BCUT2D eigenvalue weighted by molar-refractivity contribution is -0.132. The van der Waals surface area contributed by atoms with Gasteiger partial charge in [0.1, 0.15) is 0 Å². The third-order valence-corrected chi connectivity index (χ3v) is 3.45. The van der Waals surface area contributed by atoms with Gasteiger partial charge >= 0.3 is 0 Å². The van der Waals surface area contributed by atoms with E-state index in [0.29, 0.717) is 6.42 Å². The van der Waals surface area contributed by atoms with Crippen molar-refractivity contribution in [3.63, 3.8) is 0 Å². The van der Waals surface area contributed by atoms with Crippen molar-refractivity contribution in [1.82, 2.24) is 4.90 Å². The molecule has 1 saturated carbocycles. The van der Waals surface area contributed by atoms with Crippen molar-refractivity contribution in [1.29, 1.82) is 0 Å². The number of carbonyl (C=O) groups is 1. The maximum atomic E-state index is 11.5. The molecule has 2 rings (SSSR count). The lowest BCUT2D eigenvalue weighted by Gasteiger charge is -2.30. The van der Waals surface area contributed by atoms with E-state index >= 15 is 0 Å². The molecule has 3 nitrogen and oxygen atoms in total. The first-order chi connectivity index (χ1) is 6.79. The Balaban J connectivity index is 2.02. The Morgan fingerprint density at radius 1 is 1.14 bits per heavy atom. The molecule has 1 heterocycles. The molecule has 0 radical (unpaired) electrons. The van der Waals surface area contributed by atoms with E-state index in [4.69, 9.17) is 0 Å². The van der Waals surface area contributed by atoms with E-state index in [1.807, 2.05) is 4.90 Å². The summed E-state index contributed by atoms with van der Waals surface area (Å²) in [6.45, 7) is 0.862. The van der Waals surface area contributed by atoms with E-state index in [9.17, 15) is 9.90 Å². The maximum absolute atomic E-state index is 11.5. The Morgan fingerprint density at radius 3 is 2.64 bits per heavy atom. The Hall–Kier alpha value is -0.570. The van der Waals surface area contributed by atoms with Gasteiger partial charge in [0, 0.05) is 13.0 Å². The number of likely N-dealkylation sites (tertiary alicyclic amines) is 1. The average Bonchev–Trinajstić information content (AvgIpc) is 2.46. The summed E-state index contributed by atoms with van der Waals surface area (Å²) in [5.74, 6) is 0.246. The van der Waals surface area contributed by atoms with E-state index in [0.717, 1.165) is 38.6 Å². The van der Waals surface area contributed by atoms with Crippen LogP contribution in [0.3, 0.4) is 0 Å². The number of aliphatic hydroxyl groups excluding tert-OH is 1. The second kappa shape index (κ2) is 4.30. The van der Waals surface area contributed by atoms with Gasteiger partial charge in [0.05, 0.1) is 12.1 Å². The number of hydrogen-bond acceptors (Lipinski definition) is 2. The van der Waals surface area contributed by atoms with Crippen LogP contribution in [0.4, 0.5) is 0 Å². The van der Waals surface area contributed by atoms with Gasteiger partial charge in [-0.3, -0.25) is 4.79 Å². The van der Waals surface area contributed by atoms with Crippen LogP contribution >= 0.6 is 0 Å². The molecule has 2 fully saturated rings. The monoisotopic (exact) mass is 197 g/mol. The van der Waals surface area contributed by atoms with Gasteiger partial charge in [0.2, 0.25) is 5.91 Å². The molecule has 2 aliphatic rings. The molecular weight excluding hydrogens is 178 g/mol. The van der Waals surface area contributed by atoms with Crippen LogP contribution in [0.25, 0.3) is 0 Å². The molecule has 2 atom stereocenters. The van der Waals surface area contributed by atoms with Crippen LogP contribution in [0.2, 0.25) is 0 Å². The number of hydrogen-bond donors (Lipinski definition) is 1. The van der Waals surface area contributed by atoms with Gasteiger partial charge in [-0.05, 0) is 19.3 Å². The smallest absolute Gasteiger partial charge is 0.222 e. The van der Waals surface area contributed by atoms with Crippen molar-refractivity contribution in [2.24, 2.45) is 0 Å². The summed E-state index contributed by atoms with van der Waals surface area (Å²) < 4.78 is 0. The second-order valence-corrected chi connectivity index (χ2v) is 4.46. The number of amides is 1. The number of aliphatic hydroxyl groups is 1. The Bertz CT molecular complexity index is 217. The molecule has 1 amide bonds. The second-order valence-electron chi connectivity index (χ2n) is 4.46. The molecule has 1 aliphatic heterocycles. The van der Waals surface area contributed by atoms with Crippen molar-refractivity contribution in [2.75, 3.05) is 6.54 Å². The van der Waals surface area contributed by atoms with Gasteiger partial charge in [-0.2, -0.15) is 0 Å². The molecule has 1 aliphatic carbocycles.